The first-order chi connectivity index (χ1) is 8.10. The molecule has 1 aliphatic heterocycles. The van der Waals surface area contributed by atoms with Crippen LogP contribution in [0.3, 0.4) is 0 Å². The van der Waals surface area contributed by atoms with Gasteiger partial charge in [-0.15, -0.1) is 0 Å². The van der Waals surface area contributed by atoms with E-state index in [4.69, 9.17) is 0 Å². The third kappa shape index (κ3) is 3.80. The van der Waals surface area contributed by atoms with Gasteiger partial charge in [0.15, 0.2) is 0 Å². The molecule has 1 amide bonds. The number of nitrogens with one attached hydrogen (secondary N) is 1. The molecule has 0 radical (unpaired) electrons. The van der Waals surface area contributed by atoms with Crippen LogP contribution in [0.4, 0.5) is 0 Å². The summed E-state index contributed by atoms with van der Waals surface area (Å²) in [5.41, 5.74) is 0. The summed E-state index contributed by atoms with van der Waals surface area (Å²) in [6, 6.07) is -0.122. The number of piperidine rings is 1. The van der Waals surface area contributed by atoms with Crippen LogP contribution in [0.25, 0.3) is 0 Å². The minimum atomic E-state index is -0.122. The topological polar surface area (TPSA) is 49.4 Å². The molecule has 0 saturated carbocycles. The van der Waals surface area contributed by atoms with Gasteiger partial charge in [0.2, 0.25) is 5.91 Å². The molecule has 2 atom stereocenters. The predicted octanol–water partition coefficient (Wildman–Crippen LogP) is 1.20. The quantitative estimate of drug-likeness (QED) is 0.785. The molecule has 0 spiro atoms. The highest BCUT2D eigenvalue weighted by Crippen LogP contribution is 2.18. The number of nitrogens with zero attached hydrogens (tertiary/aromatic N) is 1. The van der Waals surface area contributed by atoms with Crippen LogP contribution in [0.2, 0.25) is 0 Å². The van der Waals surface area contributed by atoms with Crippen molar-refractivity contribution in [2.45, 2.75) is 46.1 Å². The number of amides is 1. The zero-order valence-corrected chi connectivity index (χ0v) is 11.2. The maximum absolute atomic E-state index is 11.8. The molecule has 1 saturated heterocycles. The molecule has 4 heteroatoms. The van der Waals surface area contributed by atoms with Gasteiger partial charge in [-0.2, -0.15) is 0 Å². The van der Waals surface area contributed by atoms with Crippen molar-refractivity contribution < 1.29 is 9.59 Å². The van der Waals surface area contributed by atoms with Gasteiger partial charge in [-0.25, -0.2) is 0 Å². The molecule has 0 aliphatic carbocycles. The number of hydrogen-bond donors (Lipinski definition) is 1. The van der Waals surface area contributed by atoms with Crippen molar-refractivity contribution in [3.8, 4) is 0 Å². The van der Waals surface area contributed by atoms with E-state index in [2.05, 4.69) is 10.2 Å². The van der Waals surface area contributed by atoms with Crippen LogP contribution in [0.5, 0.6) is 0 Å². The Balaban J connectivity index is 2.49. The van der Waals surface area contributed by atoms with Gasteiger partial charge in [0.25, 0.3) is 0 Å². The Kier molecular flexibility index (Phi) is 5.62. The van der Waals surface area contributed by atoms with Gasteiger partial charge in [0.1, 0.15) is 5.78 Å². The lowest BCUT2D eigenvalue weighted by molar-refractivity contribution is -0.132. The van der Waals surface area contributed by atoms with Gasteiger partial charge >= 0.3 is 0 Å². The number of carbonyl (C=O) groups excluding carboxylic acids is 2. The largest absolute Gasteiger partial charge is 0.355 e. The van der Waals surface area contributed by atoms with E-state index in [1.165, 1.54) is 0 Å². The zero-order chi connectivity index (χ0) is 12.8. The Morgan fingerprint density at radius 1 is 1.53 bits per heavy atom. The number of likely N-dealkylation sites (tertiary alicyclic amines) is 1. The molecular formula is C13H24N2O2. The van der Waals surface area contributed by atoms with Gasteiger partial charge in [-0.3, -0.25) is 14.5 Å². The van der Waals surface area contributed by atoms with Gasteiger partial charge in [-0.05, 0) is 19.8 Å². The Bertz CT molecular complexity index is 279. The van der Waals surface area contributed by atoms with Gasteiger partial charge in [-0.1, -0.05) is 13.8 Å². The van der Waals surface area contributed by atoms with Crippen molar-refractivity contribution in [2.24, 2.45) is 5.92 Å². The molecule has 17 heavy (non-hydrogen) atoms. The monoisotopic (exact) mass is 240 g/mol. The molecule has 0 aromatic rings. The Hall–Kier alpha value is -0.900. The van der Waals surface area contributed by atoms with E-state index in [0.29, 0.717) is 12.2 Å². The van der Waals surface area contributed by atoms with Crippen LogP contribution in [0.1, 0.15) is 40.0 Å². The first-order valence-electron chi connectivity index (χ1n) is 6.64. The first-order valence-corrected chi connectivity index (χ1v) is 6.64. The van der Waals surface area contributed by atoms with Crippen molar-refractivity contribution in [3.05, 3.63) is 0 Å². The fourth-order valence-corrected chi connectivity index (χ4v) is 2.20. The zero-order valence-electron chi connectivity index (χ0n) is 11.2. The number of carbonyl (C=O) groups is 2. The lowest BCUT2D eigenvalue weighted by Crippen LogP contribution is -2.51. The van der Waals surface area contributed by atoms with E-state index in [9.17, 15) is 9.59 Å². The molecule has 0 aromatic carbocycles. The second kappa shape index (κ2) is 6.74. The first kappa shape index (κ1) is 14.2. The van der Waals surface area contributed by atoms with E-state index in [1.54, 1.807) is 0 Å². The van der Waals surface area contributed by atoms with Crippen molar-refractivity contribution in [3.63, 3.8) is 0 Å². The number of hydrogen-bond acceptors (Lipinski definition) is 3. The smallest absolute Gasteiger partial charge is 0.237 e. The average molecular weight is 240 g/mol. The maximum atomic E-state index is 11.8. The lowest BCUT2D eigenvalue weighted by Gasteiger charge is -2.34. The minimum Gasteiger partial charge on any atom is -0.355 e. The molecule has 1 heterocycles. The summed E-state index contributed by atoms with van der Waals surface area (Å²) in [5.74, 6) is 0.547. The van der Waals surface area contributed by atoms with Crippen LogP contribution >= 0.6 is 0 Å². The van der Waals surface area contributed by atoms with Crippen LogP contribution in [-0.2, 0) is 9.59 Å². The van der Waals surface area contributed by atoms with Crippen molar-refractivity contribution in [1.29, 1.82) is 0 Å². The van der Waals surface area contributed by atoms with Crippen molar-refractivity contribution >= 4 is 11.7 Å². The number of ketones is 1. The van der Waals surface area contributed by atoms with E-state index in [0.717, 1.165) is 32.5 Å². The molecule has 1 N–H and O–H groups in total. The number of Topliss-reactive ketones (excluding diaryl/α,β-unsaturated/α-hetero) is 1. The molecule has 1 rings (SSSR count). The van der Waals surface area contributed by atoms with E-state index >= 15 is 0 Å². The molecular weight excluding hydrogens is 216 g/mol. The highest BCUT2D eigenvalue weighted by molar-refractivity contribution is 5.84. The highest BCUT2D eigenvalue weighted by atomic mass is 16.2. The molecule has 2 unspecified atom stereocenters. The summed E-state index contributed by atoms with van der Waals surface area (Å²) in [5, 5.41) is 2.91. The van der Waals surface area contributed by atoms with Gasteiger partial charge < -0.3 is 5.32 Å². The highest BCUT2D eigenvalue weighted by Gasteiger charge is 2.30. The lowest BCUT2D eigenvalue weighted by atomic mass is 9.93. The van der Waals surface area contributed by atoms with Crippen LogP contribution in [-0.4, -0.2) is 42.3 Å². The molecule has 0 aromatic heterocycles. The summed E-state index contributed by atoms with van der Waals surface area (Å²) < 4.78 is 0. The molecule has 4 nitrogen and oxygen atoms in total. The summed E-state index contributed by atoms with van der Waals surface area (Å²) in [7, 11) is 0. The third-order valence-corrected chi connectivity index (χ3v) is 3.52. The SMILES string of the molecule is CCCNC(=O)C(C)N1CCC(=O)C(CC)C1. The Morgan fingerprint density at radius 3 is 2.82 bits per heavy atom. The van der Waals surface area contributed by atoms with Crippen LogP contribution in [0.15, 0.2) is 0 Å². The predicted molar refractivity (Wildman–Crippen MR) is 67.7 cm³/mol. The summed E-state index contributed by atoms with van der Waals surface area (Å²) in [6.07, 6.45) is 2.41. The van der Waals surface area contributed by atoms with Crippen molar-refractivity contribution in [2.75, 3.05) is 19.6 Å². The van der Waals surface area contributed by atoms with E-state index in [1.807, 2.05) is 20.8 Å². The normalized spacial score (nSPS) is 23.5. The van der Waals surface area contributed by atoms with E-state index < -0.39 is 0 Å². The molecule has 0 bridgehead atoms. The second-order valence-corrected chi connectivity index (χ2v) is 4.78. The average Bonchev–Trinajstić information content (AvgIpc) is 2.35. The fraction of sp³-hybridized carbons (Fsp3) is 0.846. The molecule has 1 fully saturated rings. The van der Waals surface area contributed by atoms with E-state index in [-0.39, 0.29) is 17.9 Å². The van der Waals surface area contributed by atoms with Gasteiger partial charge in [0, 0.05) is 32.0 Å². The second-order valence-electron chi connectivity index (χ2n) is 4.78. The standard InChI is InChI=1S/C13H24N2O2/c1-4-7-14-13(17)10(3)15-8-6-12(16)11(5-2)9-15/h10-11H,4-9H2,1-3H3,(H,14,17). The fourth-order valence-electron chi connectivity index (χ4n) is 2.20. The number of rotatable bonds is 5. The Morgan fingerprint density at radius 2 is 2.24 bits per heavy atom. The van der Waals surface area contributed by atoms with Crippen molar-refractivity contribution in [1.82, 2.24) is 10.2 Å². The summed E-state index contributed by atoms with van der Waals surface area (Å²) in [4.78, 5) is 25.6. The third-order valence-electron chi connectivity index (χ3n) is 3.52. The molecule has 1 aliphatic rings. The van der Waals surface area contributed by atoms with Crippen LogP contribution < -0.4 is 5.32 Å². The maximum Gasteiger partial charge on any atom is 0.237 e. The van der Waals surface area contributed by atoms with Gasteiger partial charge in [0.05, 0.1) is 6.04 Å². The van der Waals surface area contributed by atoms with Crippen LogP contribution in [0, 0.1) is 5.92 Å². The minimum absolute atomic E-state index is 0.0797. The summed E-state index contributed by atoms with van der Waals surface area (Å²) >= 11 is 0. The Labute approximate surface area is 104 Å². The molecule has 98 valence electrons. The summed E-state index contributed by atoms with van der Waals surface area (Å²) in [6.45, 7) is 8.18.